The largest absolute Gasteiger partial charge is 0.491 e. The molecule has 0 aliphatic rings. The number of aliphatic hydroxyl groups excluding tert-OH is 1. The average Bonchev–Trinajstić information content (AvgIpc) is 3.33. The number of alkyl halides is 2. The summed E-state index contributed by atoms with van der Waals surface area (Å²) in [5.74, 6) is 1.27. The van der Waals surface area contributed by atoms with Crippen LogP contribution in [0.3, 0.4) is 0 Å². The van der Waals surface area contributed by atoms with Gasteiger partial charge in [-0.1, -0.05) is 44.2 Å². The highest BCUT2D eigenvalue weighted by molar-refractivity contribution is 5.81. The topological polar surface area (TPSA) is 86.3 Å². The summed E-state index contributed by atoms with van der Waals surface area (Å²) in [5, 5.41) is 15.0. The Hall–Kier alpha value is -3.56. The smallest absolute Gasteiger partial charge is 0.263 e. The fourth-order valence-electron chi connectivity index (χ4n) is 3.97. The number of nitrogens with one attached hydrogen (secondary N) is 2. The van der Waals surface area contributed by atoms with Gasteiger partial charge in [-0.2, -0.15) is 0 Å². The Morgan fingerprint density at radius 3 is 2.44 bits per heavy atom. The van der Waals surface area contributed by atoms with Crippen molar-refractivity contribution in [2.75, 3.05) is 31.6 Å². The number of likely N-dealkylation sites (N-methyl/N-ethyl adjacent to an activating group) is 1. The number of ether oxygens (including phenoxy) is 1. The summed E-state index contributed by atoms with van der Waals surface area (Å²) in [7, 11) is 0. The molecule has 4 aromatic rings. The van der Waals surface area contributed by atoms with E-state index in [0.29, 0.717) is 41.5 Å². The molecule has 7 nitrogen and oxygen atoms in total. The molecule has 0 aliphatic carbocycles. The number of anilines is 1. The summed E-state index contributed by atoms with van der Waals surface area (Å²) in [6, 6.07) is 11.6. The van der Waals surface area contributed by atoms with E-state index < -0.39 is 12.5 Å². The van der Waals surface area contributed by atoms with Crippen LogP contribution < -0.4 is 10.1 Å². The zero-order valence-corrected chi connectivity index (χ0v) is 20.4. The molecule has 3 aromatic heterocycles. The minimum Gasteiger partial charge on any atom is -0.491 e. The van der Waals surface area contributed by atoms with Gasteiger partial charge in [0.15, 0.2) is 0 Å². The lowest BCUT2D eigenvalue weighted by molar-refractivity contribution is 0.151. The van der Waals surface area contributed by atoms with Crippen molar-refractivity contribution in [2.24, 2.45) is 0 Å². The zero-order chi connectivity index (χ0) is 25.5. The Morgan fingerprint density at radius 2 is 1.78 bits per heavy atom. The monoisotopic (exact) mass is 495 g/mol. The first-order valence-electron chi connectivity index (χ1n) is 12.1. The second-order valence-corrected chi connectivity index (χ2v) is 8.46. The lowest BCUT2D eigenvalue weighted by Crippen LogP contribution is -2.27. The van der Waals surface area contributed by atoms with Gasteiger partial charge in [0.25, 0.3) is 6.43 Å². The van der Waals surface area contributed by atoms with Crippen LogP contribution in [-0.2, 0) is 6.54 Å². The van der Waals surface area contributed by atoms with E-state index in [1.807, 2.05) is 6.07 Å². The number of aliphatic hydroxyl groups is 1. The molecule has 0 aliphatic heterocycles. The third-order valence-electron chi connectivity index (χ3n) is 6.21. The van der Waals surface area contributed by atoms with Gasteiger partial charge in [-0.25, -0.2) is 18.7 Å². The number of benzene rings is 1. The second kappa shape index (κ2) is 11.9. The summed E-state index contributed by atoms with van der Waals surface area (Å²) in [6.07, 6.45) is 1.67. The summed E-state index contributed by atoms with van der Waals surface area (Å²) in [6.45, 7) is 8.04. The molecule has 36 heavy (non-hydrogen) atoms. The van der Waals surface area contributed by atoms with Crippen LogP contribution in [0.1, 0.15) is 48.6 Å². The number of halogens is 2. The van der Waals surface area contributed by atoms with Crippen LogP contribution in [-0.4, -0.2) is 51.2 Å². The summed E-state index contributed by atoms with van der Waals surface area (Å²) in [4.78, 5) is 14.2. The molecule has 3 heterocycles. The molecule has 1 atom stereocenters. The van der Waals surface area contributed by atoms with E-state index >= 15 is 0 Å². The molecule has 9 heteroatoms. The molecule has 4 rings (SSSR count). The molecule has 0 spiro atoms. The normalized spacial score (nSPS) is 12.4. The average molecular weight is 496 g/mol. The van der Waals surface area contributed by atoms with Crippen molar-refractivity contribution < 1.29 is 18.6 Å². The molecule has 1 unspecified atom stereocenters. The van der Waals surface area contributed by atoms with Gasteiger partial charge >= 0.3 is 0 Å². The van der Waals surface area contributed by atoms with E-state index in [4.69, 9.17) is 4.74 Å². The zero-order valence-electron chi connectivity index (χ0n) is 20.4. The highest BCUT2D eigenvalue weighted by Gasteiger charge is 2.17. The van der Waals surface area contributed by atoms with E-state index in [2.05, 4.69) is 39.0 Å². The van der Waals surface area contributed by atoms with Crippen molar-refractivity contribution in [1.29, 1.82) is 0 Å². The number of fused-ring (bicyclic) bond motifs is 1. The third-order valence-corrected chi connectivity index (χ3v) is 6.21. The lowest BCUT2D eigenvalue weighted by Gasteiger charge is -2.18. The molecule has 1 aromatic carbocycles. The van der Waals surface area contributed by atoms with Gasteiger partial charge in [-0.15, -0.1) is 0 Å². The number of hydrogen-bond acceptors (Lipinski definition) is 6. The summed E-state index contributed by atoms with van der Waals surface area (Å²) < 4.78 is 31.3. The first-order chi connectivity index (χ1) is 17.5. The van der Waals surface area contributed by atoms with Crippen LogP contribution in [0.2, 0.25) is 0 Å². The molecule has 0 radical (unpaired) electrons. The number of H-pyrrole nitrogens is 1. The van der Waals surface area contributed by atoms with Crippen molar-refractivity contribution in [3.63, 3.8) is 0 Å². The molecule has 190 valence electrons. The Labute approximate surface area is 209 Å². The molecule has 0 fully saturated rings. The molecule has 0 amide bonds. The molecular weight excluding hydrogens is 464 g/mol. The SMILES string of the molecule is CCN(CC)CCOc1cnc2[nH]cc(C(O)c3ccc(NCc4ccc(C(F)F)cc4)nc3)c2c1. The standard InChI is InChI=1S/C27H31F2N5O2/c1-3-34(4-2)11-12-36-21-13-22-23(17-33-27(22)32-16-21)25(35)20-9-10-24(31-15-20)30-14-18-5-7-19(8-6-18)26(28)29/h5-10,13,15-17,25-26,35H,3-4,11-12,14H2,1-2H3,(H,30,31)(H,32,33). The van der Waals surface area contributed by atoms with Crippen LogP contribution >= 0.6 is 0 Å². The van der Waals surface area contributed by atoms with Gasteiger partial charge in [0.2, 0.25) is 0 Å². The number of rotatable bonds is 12. The molecular formula is C27H31F2N5O2. The Morgan fingerprint density at radius 1 is 1.03 bits per heavy atom. The fourth-order valence-corrected chi connectivity index (χ4v) is 3.97. The van der Waals surface area contributed by atoms with E-state index in [-0.39, 0.29) is 5.56 Å². The first kappa shape index (κ1) is 25.5. The maximum absolute atomic E-state index is 12.7. The minimum absolute atomic E-state index is 0.000936. The van der Waals surface area contributed by atoms with Crippen molar-refractivity contribution in [2.45, 2.75) is 32.9 Å². The van der Waals surface area contributed by atoms with Gasteiger partial charge < -0.3 is 25.0 Å². The van der Waals surface area contributed by atoms with Gasteiger partial charge in [-0.05, 0) is 30.8 Å². The van der Waals surface area contributed by atoms with Gasteiger partial charge in [0.05, 0.1) is 6.20 Å². The van der Waals surface area contributed by atoms with Crippen LogP contribution in [0.25, 0.3) is 11.0 Å². The predicted molar refractivity (Wildman–Crippen MR) is 136 cm³/mol. The van der Waals surface area contributed by atoms with E-state index in [1.165, 1.54) is 12.1 Å². The van der Waals surface area contributed by atoms with Crippen LogP contribution in [0.4, 0.5) is 14.6 Å². The molecule has 0 bridgehead atoms. The minimum atomic E-state index is -2.47. The van der Waals surface area contributed by atoms with Gasteiger partial charge in [0.1, 0.15) is 29.9 Å². The van der Waals surface area contributed by atoms with E-state index in [9.17, 15) is 13.9 Å². The Bertz CT molecular complexity index is 1240. The van der Waals surface area contributed by atoms with Crippen LogP contribution in [0.15, 0.2) is 61.1 Å². The number of aromatic nitrogens is 3. The highest BCUT2D eigenvalue weighted by atomic mass is 19.3. The van der Waals surface area contributed by atoms with Crippen LogP contribution in [0, 0.1) is 0 Å². The maximum atomic E-state index is 12.7. The second-order valence-electron chi connectivity index (χ2n) is 8.46. The number of pyridine rings is 2. The Kier molecular flexibility index (Phi) is 8.45. The van der Waals surface area contributed by atoms with Crippen molar-refractivity contribution in [3.05, 3.63) is 83.3 Å². The quantitative estimate of drug-likeness (QED) is 0.247. The van der Waals surface area contributed by atoms with E-state index in [0.717, 1.165) is 30.6 Å². The Balaban J connectivity index is 1.40. The number of nitrogens with zero attached hydrogens (tertiary/aromatic N) is 3. The summed E-state index contributed by atoms with van der Waals surface area (Å²) >= 11 is 0. The molecule has 0 saturated carbocycles. The third kappa shape index (κ3) is 6.16. The van der Waals surface area contributed by atoms with Crippen molar-refractivity contribution in [3.8, 4) is 5.75 Å². The van der Waals surface area contributed by atoms with Gasteiger partial charge in [0, 0.05) is 47.6 Å². The fraction of sp³-hybridized carbons (Fsp3) is 0.333. The highest BCUT2D eigenvalue weighted by Crippen LogP contribution is 2.30. The maximum Gasteiger partial charge on any atom is 0.263 e. The van der Waals surface area contributed by atoms with E-state index in [1.54, 1.807) is 42.9 Å². The van der Waals surface area contributed by atoms with Gasteiger partial charge in [-0.3, -0.25) is 0 Å². The molecule has 0 saturated heterocycles. The first-order valence-corrected chi connectivity index (χ1v) is 12.1. The number of aromatic amines is 1. The number of hydrogen-bond donors (Lipinski definition) is 3. The van der Waals surface area contributed by atoms with Crippen molar-refractivity contribution in [1.82, 2.24) is 19.9 Å². The predicted octanol–water partition coefficient (Wildman–Crippen LogP) is 5.31. The van der Waals surface area contributed by atoms with Crippen molar-refractivity contribution >= 4 is 16.9 Å². The molecule has 3 N–H and O–H groups in total. The lowest BCUT2D eigenvalue weighted by atomic mass is 10.0. The van der Waals surface area contributed by atoms with Crippen LogP contribution in [0.5, 0.6) is 5.75 Å². The summed E-state index contributed by atoms with van der Waals surface area (Å²) in [5.41, 5.74) is 2.86.